The van der Waals surface area contributed by atoms with Gasteiger partial charge in [-0.25, -0.2) is 0 Å². The fourth-order valence-electron chi connectivity index (χ4n) is 2.37. The number of hydrogen-bond acceptors (Lipinski definition) is 6. The number of rotatable bonds is 8. The molecule has 2 amide bonds. The number of aliphatic hydroxyl groups is 4. The van der Waals surface area contributed by atoms with Crippen LogP contribution in [0.3, 0.4) is 0 Å². The number of aliphatic hydroxyl groups excluding tert-OH is 4. The lowest BCUT2D eigenvalue weighted by atomic mass is 10.0. The standard InChI is InChI=1S/C19H22N2O6/c22-11-14(23)15(24)16(25)17(20-18(26)12-7-3-1-4-8-12)21-19(27)13-9-5-2-6-10-13/h1-10,14-17,22-25H,11H2,(H,20,26)(H,21,27). The molecule has 6 N–H and O–H groups in total. The van der Waals surface area contributed by atoms with Crippen LogP contribution in [0.25, 0.3) is 0 Å². The van der Waals surface area contributed by atoms with Crippen molar-refractivity contribution in [1.29, 1.82) is 0 Å². The Morgan fingerprint density at radius 2 is 1.15 bits per heavy atom. The molecule has 0 aliphatic rings. The van der Waals surface area contributed by atoms with E-state index in [0.29, 0.717) is 0 Å². The summed E-state index contributed by atoms with van der Waals surface area (Å²) < 4.78 is 0. The zero-order chi connectivity index (χ0) is 19.8. The summed E-state index contributed by atoms with van der Waals surface area (Å²) >= 11 is 0. The molecule has 8 heteroatoms. The number of benzene rings is 2. The number of carbonyl (C=O) groups is 2. The van der Waals surface area contributed by atoms with E-state index < -0.39 is 42.9 Å². The van der Waals surface area contributed by atoms with Gasteiger partial charge in [-0.3, -0.25) is 9.59 Å². The van der Waals surface area contributed by atoms with Crippen LogP contribution in [0.4, 0.5) is 0 Å². The molecule has 0 aromatic heterocycles. The van der Waals surface area contributed by atoms with Gasteiger partial charge in [-0.2, -0.15) is 0 Å². The molecule has 0 saturated heterocycles. The Morgan fingerprint density at radius 1 is 0.741 bits per heavy atom. The van der Waals surface area contributed by atoms with Crippen LogP contribution in [0, 0.1) is 0 Å². The third-order valence-corrected chi connectivity index (χ3v) is 3.92. The van der Waals surface area contributed by atoms with E-state index in [2.05, 4.69) is 10.6 Å². The van der Waals surface area contributed by atoms with Crippen LogP contribution in [0.5, 0.6) is 0 Å². The summed E-state index contributed by atoms with van der Waals surface area (Å²) in [5.41, 5.74) is 0.557. The first-order chi connectivity index (χ1) is 12.9. The Morgan fingerprint density at radius 3 is 1.52 bits per heavy atom. The van der Waals surface area contributed by atoms with Gasteiger partial charge in [0.1, 0.15) is 24.5 Å². The van der Waals surface area contributed by atoms with Gasteiger partial charge in [0.05, 0.1) is 6.61 Å². The van der Waals surface area contributed by atoms with E-state index in [1.165, 1.54) is 24.3 Å². The highest BCUT2D eigenvalue weighted by Gasteiger charge is 2.33. The minimum atomic E-state index is -1.80. The van der Waals surface area contributed by atoms with Crippen molar-refractivity contribution in [3.8, 4) is 0 Å². The average molecular weight is 374 g/mol. The highest BCUT2D eigenvalue weighted by atomic mass is 16.4. The summed E-state index contributed by atoms with van der Waals surface area (Å²) in [6.07, 6.45) is -6.63. The van der Waals surface area contributed by atoms with Crippen molar-refractivity contribution in [3.05, 3.63) is 71.8 Å². The first kappa shape index (κ1) is 20.5. The smallest absolute Gasteiger partial charge is 0.252 e. The summed E-state index contributed by atoms with van der Waals surface area (Å²) in [6, 6.07) is 16.2. The molecule has 3 unspecified atom stereocenters. The maximum Gasteiger partial charge on any atom is 0.252 e. The molecule has 0 spiro atoms. The Balaban J connectivity index is 2.19. The number of hydrogen-bond donors (Lipinski definition) is 6. The van der Waals surface area contributed by atoms with Crippen LogP contribution in [0.1, 0.15) is 20.7 Å². The second-order valence-corrected chi connectivity index (χ2v) is 5.89. The summed E-state index contributed by atoms with van der Waals surface area (Å²) in [5.74, 6) is -1.20. The monoisotopic (exact) mass is 374 g/mol. The van der Waals surface area contributed by atoms with E-state index in [4.69, 9.17) is 5.11 Å². The van der Waals surface area contributed by atoms with Crippen molar-refractivity contribution in [2.24, 2.45) is 0 Å². The van der Waals surface area contributed by atoms with Crippen molar-refractivity contribution in [3.63, 3.8) is 0 Å². The van der Waals surface area contributed by atoms with Crippen molar-refractivity contribution >= 4 is 11.8 Å². The molecule has 0 bridgehead atoms. The van der Waals surface area contributed by atoms with Crippen molar-refractivity contribution < 1.29 is 30.0 Å². The van der Waals surface area contributed by atoms with Crippen LogP contribution in [0.15, 0.2) is 60.7 Å². The topological polar surface area (TPSA) is 139 Å². The summed E-state index contributed by atoms with van der Waals surface area (Å²) in [4.78, 5) is 24.7. The second kappa shape index (κ2) is 9.79. The van der Waals surface area contributed by atoms with Crippen LogP contribution in [-0.4, -0.2) is 63.3 Å². The molecule has 2 aromatic carbocycles. The maximum atomic E-state index is 12.4. The van der Waals surface area contributed by atoms with Gasteiger partial charge in [0.2, 0.25) is 0 Å². The molecule has 144 valence electrons. The molecule has 8 nitrogen and oxygen atoms in total. The molecule has 0 heterocycles. The zero-order valence-electron chi connectivity index (χ0n) is 14.4. The molecular formula is C19H22N2O6. The van der Waals surface area contributed by atoms with E-state index in [0.717, 1.165) is 0 Å². The lowest BCUT2D eigenvalue weighted by molar-refractivity contribution is -0.0883. The quantitative estimate of drug-likeness (QED) is 0.336. The van der Waals surface area contributed by atoms with Crippen LogP contribution >= 0.6 is 0 Å². The Bertz CT molecular complexity index is 687. The largest absolute Gasteiger partial charge is 0.394 e. The lowest BCUT2D eigenvalue weighted by Gasteiger charge is -2.30. The SMILES string of the molecule is O=C(NC(NC(=O)c1ccccc1)C(O)C(O)C(O)CO)c1ccccc1. The predicted molar refractivity (Wildman–Crippen MR) is 96.7 cm³/mol. The van der Waals surface area contributed by atoms with Gasteiger partial charge in [0.25, 0.3) is 11.8 Å². The molecule has 3 atom stereocenters. The third kappa shape index (κ3) is 5.60. The van der Waals surface area contributed by atoms with Crippen LogP contribution < -0.4 is 10.6 Å². The Kier molecular flexibility index (Phi) is 7.44. The number of nitrogens with one attached hydrogen (secondary N) is 2. The Hall–Kier alpha value is -2.78. The Labute approximate surface area is 156 Å². The molecule has 0 radical (unpaired) electrons. The van der Waals surface area contributed by atoms with Crippen LogP contribution in [-0.2, 0) is 0 Å². The molecule has 27 heavy (non-hydrogen) atoms. The predicted octanol–water partition coefficient (Wildman–Crippen LogP) is -0.752. The molecule has 0 aliphatic carbocycles. The molecule has 0 fully saturated rings. The summed E-state index contributed by atoms with van der Waals surface area (Å²) in [7, 11) is 0. The highest BCUT2D eigenvalue weighted by Crippen LogP contribution is 2.07. The van der Waals surface area contributed by atoms with Gasteiger partial charge >= 0.3 is 0 Å². The molecule has 2 rings (SSSR count). The van der Waals surface area contributed by atoms with Crippen molar-refractivity contribution in [2.45, 2.75) is 24.5 Å². The number of amides is 2. The van der Waals surface area contributed by atoms with Gasteiger partial charge in [0, 0.05) is 11.1 Å². The zero-order valence-corrected chi connectivity index (χ0v) is 14.4. The fraction of sp³-hybridized carbons (Fsp3) is 0.263. The van der Waals surface area contributed by atoms with Gasteiger partial charge in [-0.05, 0) is 24.3 Å². The van der Waals surface area contributed by atoms with E-state index in [9.17, 15) is 24.9 Å². The average Bonchev–Trinajstić information content (AvgIpc) is 2.72. The number of carbonyl (C=O) groups excluding carboxylic acids is 2. The van der Waals surface area contributed by atoms with Crippen LogP contribution in [0.2, 0.25) is 0 Å². The molecular weight excluding hydrogens is 352 g/mol. The van der Waals surface area contributed by atoms with Gasteiger partial charge < -0.3 is 31.1 Å². The van der Waals surface area contributed by atoms with Crippen molar-refractivity contribution in [1.82, 2.24) is 10.6 Å². The lowest BCUT2D eigenvalue weighted by Crippen LogP contribution is -2.60. The summed E-state index contributed by atoms with van der Waals surface area (Å²) in [5, 5.41) is 43.6. The van der Waals surface area contributed by atoms with E-state index in [1.54, 1.807) is 36.4 Å². The van der Waals surface area contributed by atoms with E-state index in [-0.39, 0.29) is 11.1 Å². The van der Waals surface area contributed by atoms with Gasteiger partial charge in [-0.1, -0.05) is 36.4 Å². The first-order valence-electron chi connectivity index (χ1n) is 8.31. The van der Waals surface area contributed by atoms with E-state index in [1.807, 2.05) is 0 Å². The van der Waals surface area contributed by atoms with Gasteiger partial charge in [0.15, 0.2) is 0 Å². The fourth-order valence-corrected chi connectivity index (χ4v) is 2.37. The maximum absolute atomic E-state index is 12.4. The minimum absolute atomic E-state index is 0.279. The first-order valence-corrected chi connectivity index (χ1v) is 8.31. The minimum Gasteiger partial charge on any atom is -0.394 e. The molecule has 0 aliphatic heterocycles. The third-order valence-electron chi connectivity index (χ3n) is 3.92. The normalized spacial score (nSPS) is 14.3. The second-order valence-electron chi connectivity index (χ2n) is 5.89. The van der Waals surface area contributed by atoms with Crippen molar-refractivity contribution in [2.75, 3.05) is 6.61 Å². The molecule has 2 aromatic rings. The van der Waals surface area contributed by atoms with Gasteiger partial charge in [-0.15, -0.1) is 0 Å². The van der Waals surface area contributed by atoms with E-state index >= 15 is 0 Å². The summed E-state index contributed by atoms with van der Waals surface area (Å²) in [6.45, 7) is -0.801. The molecule has 0 saturated carbocycles. The highest BCUT2D eigenvalue weighted by molar-refractivity contribution is 5.96.